The number of rotatable bonds is 11. The molecule has 0 spiro atoms. The molecule has 6 atom stereocenters. The smallest absolute Gasteiger partial charge is 0.409 e. The number of hydrogen-bond acceptors (Lipinski definition) is 16. The Morgan fingerprint density at radius 3 is 2.49 bits per heavy atom. The summed E-state index contributed by atoms with van der Waals surface area (Å²) in [6.07, 6.45) is -2.79. The number of aromatic nitrogens is 3. The van der Waals surface area contributed by atoms with E-state index in [0.717, 1.165) is 12.5 Å². The standard InChI is InChI=1S/C34H43N9O11.CO2/c1-20-8-10-41(27(45)15-35-2)16-24(20)40(5)30-22-9-11-42(31(22)37-19-36-30)33(48)38(3)12-13-39(4)34(49)53-17-21-6-7-26(23(14-21)43(50)51)54-32-29(47)28(46)25(44)18-52-32;2-1-3/h6-7,9,11,14,19-20,24-25,28-29,32,44,46-47H,8,10,12-13,15-18H2,1,3-5H3;/t20-,24+,25-,28+,29-,32+;/m1./s1. The minimum Gasteiger partial charge on any atom is -0.455 e. The molecule has 0 bridgehead atoms. The van der Waals surface area contributed by atoms with Gasteiger partial charge >= 0.3 is 29.9 Å². The number of fused-ring (bicyclic) bond motifs is 1. The number of amides is 3. The molecule has 2 aliphatic heterocycles. The van der Waals surface area contributed by atoms with Crippen LogP contribution in [0.25, 0.3) is 15.9 Å². The zero-order valence-electron chi connectivity index (χ0n) is 31.5. The molecule has 5 rings (SSSR count). The summed E-state index contributed by atoms with van der Waals surface area (Å²) in [6.45, 7) is 9.52. The Labute approximate surface area is 325 Å². The van der Waals surface area contributed by atoms with Gasteiger partial charge in [-0.2, -0.15) is 9.59 Å². The number of piperidine rings is 1. The average molecular weight is 798 g/mol. The van der Waals surface area contributed by atoms with Gasteiger partial charge in [0.2, 0.25) is 6.29 Å². The summed E-state index contributed by atoms with van der Waals surface area (Å²) < 4.78 is 17.3. The molecule has 2 aromatic heterocycles. The van der Waals surface area contributed by atoms with E-state index in [-0.39, 0.29) is 68.2 Å². The lowest BCUT2D eigenvalue weighted by Gasteiger charge is -2.41. The molecule has 57 heavy (non-hydrogen) atoms. The van der Waals surface area contributed by atoms with Gasteiger partial charge in [-0.15, -0.1) is 0 Å². The summed E-state index contributed by atoms with van der Waals surface area (Å²) in [4.78, 5) is 84.5. The van der Waals surface area contributed by atoms with Crippen molar-refractivity contribution in [1.29, 1.82) is 0 Å². The summed E-state index contributed by atoms with van der Waals surface area (Å²) in [7, 11) is 4.93. The molecule has 1 aromatic carbocycles. The molecule has 22 heteroatoms. The van der Waals surface area contributed by atoms with Crippen LogP contribution in [0.5, 0.6) is 5.75 Å². The molecule has 4 heterocycles. The lowest BCUT2D eigenvalue weighted by molar-refractivity contribution is -0.386. The van der Waals surface area contributed by atoms with Crippen molar-refractivity contribution in [2.24, 2.45) is 5.92 Å². The predicted molar refractivity (Wildman–Crippen MR) is 194 cm³/mol. The average Bonchev–Trinajstić information content (AvgIpc) is 3.63. The van der Waals surface area contributed by atoms with Gasteiger partial charge in [0.1, 0.15) is 37.1 Å². The van der Waals surface area contributed by atoms with E-state index in [4.69, 9.17) is 30.4 Å². The number of carbonyl (C=O) groups excluding carboxylic acids is 5. The van der Waals surface area contributed by atoms with Gasteiger partial charge in [-0.25, -0.2) is 26.1 Å². The maximum Gasteiger partial charge on any atom is 0.409 e. The lowest BCUT2D eigenvalue weighted by Crippen LogP contribution is -2.54. The van der Waals surface area contributed by atoms with Gasteiger partial charge in [0.15, 0.2) is 11.4 Å². The van der Waals surface area contributed by atoms with E-state index in [0.29, 0.717) is 29.9 Å². The Balaban J connectivity index is 0.00000232. The summed E-state index contributed by atoms with van der Waals surface area (Å²) in [5, 5.41) is 42.0. The predicted octanol–water partition coefficient (Wildman–Crippen LogP) is 0.335. The highest BCUT2D eigenvalue weighted by atomic mass is 16.7. The van der Waals surface area contributed by atoms with Gasteiger partial charge in [-0.3, -0.25) is 19.5 Å². The summed E-state index contributed by atoms with van der Waals surface area (Å²) in [5.41, 5.74) is 0.138. The van der Waals surface area contributed by atoms with E-state index in [1.807, 2.05) is 11.9 Å². The zero-order valence-corrected chi connectivity index (χ0v) is 31.5. The minimum atomic E-state index is -1.66. The van der Waals surface area contributed by atoms with E-state index in [9.17, 15) is 39.8 Å². The van der Waals surface area contributed by atoms with Crippen LogP contribution in [0.15, 0.2) is 36.8 Å². The number of hydrogen-bond donors (Lipinski definition) is 3. The molecule has 0 unspecified atom stereocenters. The van der Waals surface area contributed by atoms with Crippen molar-refractivity contribution >= 4 is 46.7 Å². The van der Waals surface area contributed by atoms with Crippen molar-refractivity contribution in [3.05, 3.63) is 63.9 Å². The van der Waals surface area contributed by atoms with E-state index >= 15 is 0 Å². The van der Waals surface area contributed by atoms with Crippen LogP contribution in [0.4, 0.5) is 21.1 Å². The van der Waals surface area contributed by atoms with Gasteiger partial charge in [0.05, 0.1) is 23.0 Å². The van der Waals surface area contributed by atoms with Crippen LogP contribution < -0.4 is 9.64 Å². The Morgan fingerprint density at radius 1 is 1.11 bits per heavy atom. The molecule has 2 fully saturated rings. The molecule has 3 amide bonds. The third-order valence-electron chi connectivity index (χ3n) is 9.67. The quantitative estimate of drug-likeness (QED) is 0.134. The Kier molecular flexibility index (Phi) is 14.9. The molecule has 0 aliphatic carbocycles. The topological polar surface area (TPSA) is 265 Å². The minimum absolute atomic E-state index is 0.0733. The van der Waals surface area contributed by atoms with Crippen molar-refractivity contribution in [3.8, 4) is 5.75 Å². The Morgan fingerprint density at radius 2 is 1.81 bits per heavy atom. The third kappa shape index (κ3) is 10.3. The van der Waals surface area contributed by atoms with Crippen molar-refractivity contribution in [3.63, 3.8) is 0 Å². The van der Waals surface area contributed by atoms with E-state index in [1.165, 1.54) is 39.9 Å². The number of nitro benzene ring substituents is 1. The van der Waals surface area contributed by atoms with Crippen LogP contribution in [0.2, 0.25) is 0 Å². The number of aliphatic hydroxyl groups excluding tert-OH is 3. The number of ether oxygens (including phenoxy) is 3. The largest absolute Gasteiger partial charge is 0.455 e. The summed E-state index contributed by atoms with van der Waals surface area (Å²) in [5.74, 6) is 0.359. The number of anilines is 1. The molecule has 2 aliphatic rings. The molecule has 306 valence electrons. The number of nitrogens with zero attached hydrogens (tertiary/aromatic N) is 9. The number of aliphatic hydroxyl groups is 3. The summed E-state index contributed by atoms with van der Waals surface area (Å²) >= 11 is 0. The van der Waals surface area contributed by atoms with Crippen molar-refractivity contribution in [1.82, 2.24) is 29.2 Å². The molecule has 0 radical (unpaired) electrons. The highest BCUT2D eigenvalue weighted by Crippen LogP contribution is 2.32. The van der Waals surface area contributed by atoms with E-state index < -0.39 is 47.3 Å². The highest BCUT2D eigenvalue weighted by Gasteiger charge is 2.40. The van der Waals surface area contributed by atoms with Crippen molar-refractivity contribution in [2.75, 3.05) is 65.4 Å². The van der Waals surface area contributed by atoms with Crippen molar-refractivity contribution in [2.45, 2.75) is 50.6 Å². The monoisotopic (exact) mass is 797 g/mol. The highest BCUT2D eigenvalue weighted by molar-refractivity contribution is 5.95. The molecule has 0 saturated carbocycles. The first-order valence-electron chi connectivity index (χ1n) is 17.5. The molecule has 22 nitrogen and oxygen atoms in total. The van der Waals surface area contributed by atoms with Crippen LogP contribution in [-0.2, 0) is 30.5 Å². The van der Waals surface area contributed by atoms with Gasteiger partial charge in [-0.05, 0) is 30.0 Å². The normalized spacial score (nSPS) is 21.5. The molecule has 2 saturated heterocycles. The Bertz CT molecular complexity index is 2000. The second-order valence-corrected chi connectivity index (χ2v) is 13.4. The van der Waals surface area contributed by atoms with Gasteiger partial charge in [0, 0.05) is 59.6 Å². The maximum absolute atomic E-state index is 13.5. The number of carbonyl (C=O) groups is 3. The number of likely N-dealkylation sites (N-methyl/N-ethyl adjacent to an activating group) is 3. The lowest BCUT2D eigenvalue weighted by atomic mass is 9.92. The molecular formula is C35H43N9O13. The fourth-order valence-electron chi connectivity index (χ4n) is 6.31. The number of likely N-dealkylation sites (tertiary alicyclic amines) is 1. The SMILES string of the molecule is O=C=O.[C-]#[N+]CC(=O)N1CC[C@@H](C)[C@@H](N(C)c2ncnc3c2ccn3C(=O)N(C)CCN(C)C(=O)OCc2ccc(O[C@@H]3OC[C@@H](O)[C@H](O)[C@H]3O)c([N+](=O)[O-])c2)C1. The van der Waals surface area contributed by atoms with Crippen LogP contribution in [0, 0.1) is 22.6 Å². The number of nitro groups is 1. The fraction of sp³-hybridized carbons (Fsp3) is 0.514. The summed E-state index contributed by atoms with van der Waals surface area (Å²) in [6, 6.07) is 5.05. The third-order valence-corrected chi connectivity index (χ3v) is 9.67. The van der Waals surface area contributed by atoms with Crippen LogP contribution in [-0.4, -0.2) is 165 Å². The van der Waals surface area contributed by atoms with Crippen LogP contribution >= 0.6 is 0 Å². The van der Waals surface area contributed by atoms with E-state index in [1.54, 1.807) is 24.2 Å². The zero-order chi connectivity index (χ0) is 42.0. The van der Waals surface area contributed by atoms with Gasteiger partial charge in [-0.1, -0.05) is 13.0 Å². The first-order valence-corrected chi connectivity index (χ1v) is 17.5. The first kappa shape index (κ1) is 43.5. The van der Waals surface area contributed by atoms with Gasteiger partial charge in [0.25, 0.3) is 6.54 Å². The second kappa shape index (κ2) is 19.6. The molecule has 3 N–H and O–H groups in total. The fourth-order valence-corrected chi connectivity index (χ4v) is 6.31. The first-order chi connectivity index (χ1) is 27.1. The molecule has 3 aromatic rings. The second-order valence-electron chi connectivity index (χ2n) is 13.4. The molecular weight excluding hydrogens is 754 g/mol. The maximum atomic E-state index is 13.5. The van der Waals surface area contributed by atoms with Crippen molar-refractivity contribution < 1.29 is 58.4 Å². The van der Waals surface area contributed by atoms with E-state index in [2.05, 4.69) is 21.7 Å². The van der Waals surface area contributed by atoms with Crippen LogP contribution in [0.3, 0.4) is 0 Å². The Hall–Kier alpha value is -6.24. The number of benzene rings is 1. The van der Waals surface area contributed by atoms with Gasteiger partial charge < -0.3 is 54.0 Å². The van der Waals surface area contributed by atoms with Crippen LogP contribution in [0.1, 0.15) is 18.9 Å².